The average molecular weight is 348 g/mol. The SMILES string of the molecule is Cc1cc(F)ccc1N1CCC[C@H](NC(=O)CC2(O)CCCC2)C1=O. The van der Waals surface area contributed by atoms with Gasteiger partial charge in [-0.15, -0.1) is 0 Å². The molecule has 2 N–H and O–H groups in total. The van der Waals surface area contributed by atoms with E-state index in [0.717, 1.165) is 19.3 Å². The highest BCUT2D eigenvalue weighted by molar-refractivity contribution is 6.00. The van der Waals surface area contributed by atoms with Gasteiger partial charge in [0.15, 0.2) is 0 Å². The maximum absolute atomic E-state index is 13.3. The van der Waals surface area contributed by atoms with Gasteiger partial charge in [-0.2, -0.15) is 0 Å². The van der Waals surface area contributed by atoms with Gasteiger partial charge >= 0.3 is 0 Å². The number of aliphatic hydroxyl groups is 1. The summed E-state index contributed by atoms with van der Waals surface area (Å²) >= 11 is 0. The third-order valence-electron chi connectivity index (χ3n) is 5.25. The van der Waals surface area contributed by atoms with Crippen molar-refractivity contribution in [2.24, 2.45) is 0 Å². The maximum atomic E-state index is 13.3. The lowest BCUT2D eigenvalue weighted by atomic mass is 9.96. The molecule has 25 heavy (non-hydrogen) atoms. The molecule has 1 aliphatic carbocycles. The van der Waals surface area contributed by atoms with Crippen LogP contribution in [-0.2, 0) is 9.59 Å². The zero-order valence-corrected chi connectivity index (χ0v) is 14.6. The minimum absolute atomic E-state index is 0.0480. The molecule has 0 spiro atoms. The first-order valence-corrected chi connectivity index (χ1v) is 8.97. The van der Waals surface area contributed by atoms with Gasteiger partial charge in [0.25, 0.3) is 0 Å². The Labute approximate surface area is 147 Å². The van der Waals surface area contributed by atoms with Crippen LogP contribution >= 0.6 is 0 Å². The lowest BCUT2D eigenvalue weighted by Crippen LogP contribution is -2.53. The number of nitrogens with zero attached hydrogens (tertiary/aromatic N) is 1. The Hall–Kier alpha value is -1.95. The van der Waals surface area contributed by atoms with Crippen LogP contribution in [-0.4, -0.2) is 35.1 Å². The average Bonchev–Trinajstić information content (AvgIpc) is 2.96. The van der Waals surface area contributed by atoms with E-state index in [2.05, 4.69) is 5.32 Å². The number of halogens is 1. The van der Waals surface area contributed by atoms with Gasteiger partial charge < -0.3 is 15.3 Å². The molecule has 0 aromatic heterocycles. The summed E-state index contributed by atoms with van der Waals surface area (Å²) in [5, 5.41) is 13.1. The minimum atomic E-state index is -0.922. The molecule has 0 radical (unpaired) electrons. The second-order valence-electron chi connectivity index (χ2n) is 7.29. The van der Waals surface area contributed by atoms with Crippen molar-refractivity contribution in [2.45, 2.75) is 63.5 Å². The van der Waals surface area contributed by atoms with Crippen molar-refractivity contribution in [1.82, 2.24) is 5.32 Å². The third-order valence-corrected chi connectivity index (χ3v) is 5.25. The molecule has 1 aromatic rings. The molecule has 0 unspecified atom stereocenters. The maximum Gasteiger partial charge on any atom is 0.249 e. The molecule has 136 valence electrons. The van der Waals surface area contributed by atoms with Crippen LogP contribution in [0.1, 0.15) is 50.5 Å². The number of hydrogen-bond donors (Lipinski definition) is 2. The lowest BCUT2D eigenvalue weighted by Gasteiger charge is -2.34. The fourth-order valence-electron chi connectivity index (χ4n) is 3.92. The monoisotopic (exact) mass is 348 g/mol. The Morgan fingerprint density at radius 2 is 2.08 bits per heavy atom. The van der Waals surface area contributed by atoms with Gasteiger partial charge in [0.2, 0.25) is 11.8 Å². The fourth-order valence-corrected chi connectivity index (χ4v) is 3.92. The van der Waals surface area contributed by atoms with Crippen molar-refractivity contribution in [3.63, 3.8) is 0 Å². The number of hydrogen-bond acceptors (Lipinski definition) is 3. The summed E-state index contributed by atoms with van der Waals surface area (Å²) < 4.78 is 13.3. The molecule has 3 rings (SSSR count). The number of carbonyl (C=O) groups excluding carboxylic acids is 2. The molecule has 2 amide bonds. The Morgan fingerprint density at radius 3 is 2.76 bits per heavy atom. The summed E-state index contributed by atoms with van der Waals surface area (Å²) in [6, 6.07) is 3.76. The van der Waals surface area contributed by atoms with Crippen molar-refractivity contribution in [1.29, 1.82) is 0 Å². The lowest BCUT2D eigenvalue weighted by molar-refractivity contribution is -0.131. The van der Waals surface area contributed by atoms with Gasteiger partial charge in [0.1, 0.15) is 11.9 Å². The van der Waals surface area contributed by atoms with E-state index >= 15 is 0 Å². The summed E-state index contributed by atoms with van der Waals surface area (Å²) in [4.78, 5) is 26.7. The molecule has 0 bridgehead atoms. The topological polar surface area (TPSA) is 69.6 Å². The Bertz CT molecular complexity index is 671. The van der Waals surface area contributed by atoms with Crippen molar-refractivity contribution in [2.75, 3.05) is 11.4 Å². The van der Waals surface area contributed by atoms with Gasteiger partial charge in [-0.3, -0.25) is 9.59 Å². The number of nitrogens with one attached hydrogen (secondary N) is 1. The minimum Gasteiger partial charge on any atom is -0.389 e. The molecule has 6 heteroatoms. The van der Waals surface area contributed by atoms with E-state index in [1.54, 1.807) is 17.9 Å². The standard InChI is InChI=1S/C19H25FN2O3/c1-13-11-14(20)6-7-16(13)22-10-4-5-15(18(22)24)21-17(23)12-19(25)8-2-3-9-19/h6-7,11,15,25H,2-5,8-10,12H2,1H3,(H,21,23)/t15-/m0/s1. The van der Waals surface area contributed by atoms with Crippen LogP contribution in [0.4, 0.5) is 10.1 Å². The first-order chi connectivity index (χ1) is 11.9. The number of aryl methyl sites for hydroxylation is 1. The molecule has 2 fully saturated rings. The van der Waals surface area contributed by atoms with Crippen molar-refractivity contribution < 1.29 is 19.1 Å². The highest BCUT2D eigenvalue weighted by Gasteiger charge is 2.36. The van der Waals surface area contributed by atoms with Gasteiger partial charge in [-0.05, 0) is 56.4 Å². The summed E-state index contributed by atoms with van der Waals surface area (Å²) in [6.07, 6.45) is 4.54. The van der Waals surface area contributed by atoms with E-state index in [1.807, 2.05) is 0 Å². The first-order valence-electron chi connectivity index (χ1n) is 8.97. The van der Waals surface area contributed by atoms with Gasteiger partial charge in [-0.25, -0.2) is 4.39 Å². The van der Waals surface area contributed by atoms with E-state index in [0.29, 0.717) is 37.1 Å². The highest BCUT2D eigenvalue weighted by Crippen LogP contribution is 2.32. The van der Waals surface area contributed by atoms with E-state index in [9.17, 15) is 19.1 Å². The Balaban J connectivity index is 1.66. The predicted octanol–water partition coefficient (Wildman–Crippen LogP) is 2.44. The molecule has 2 aliphatic rings. The second-order valence-corrected chi connectivity index (χ2v) is 7.29. The molecule has 1 aromatic carbocycles. The number of benzene rings is 1. The first kappa shape index (κ1) is 17.9. The molecule has 1 saturated carbocycles. The van der Waals surface area contributed by atoms with E-state index < -0.39 is 11.6 Å². The summed E-state index contributed by atoms with van der Waals surface area (Å²) in [7, 11) is 0. The van der Waals surface area contributed by atoms with Crippen LogP contribution in [0.25, 0.3) is 0 Å². The predicted molar refractivity (Wildman–Crippen MR) is 92.7 cm³/mol. The van der Waals surface area contributed by atoms with Gasteiger partial charge in [0, 0.05) is 12.2 Å². The van der Waals surface area contributed by atoms with Crippen LogP contribution in [0.2, 0.25) is 0 Å². The number of carbonyl (C=O) groups is 2. The van der Waals surface area contributed by atoms with Crippen LogP contribution in [0, 0.1) is 12.7 Å². The summed E-state index contributed by atoms with van der Waals surface area (Å²) in [5.74, 6) is -0.784. The van der Waals surface area contributed by atoms with Crippen LogP contribution in [0.15, 0.2) is 18.2 Å². The number of amides is 2. The zero-order chi connectivity index (χ0) is 18.0. The quantitative estimate of drug-likeness (QED) is 0.878. The Kier molecular flexibility index (Phi) is 5.08. The normalized spacial score (nSPS) is 22.9. The fraction of sp³-hybridized carbons (Fsp3) is 0.579. The zero-order valence-electron chi connectivity index (χ0n) is 14.6. The smallest absolute Gasteiger partial charge is 0.249 e. The highest BCUT2D eigenvalue weighted by atomic mass is 19.1. The Morgan fingerprint density at radius 1 is 1.36 bits per heavy atom. The van der Waals surface area contributed by atoms with Gasteiger partial charge in [0.05, 0.1) is 12.0 Å². The number of piperidine rings is 1. The second kappa shape index (κ2) is 7.12. The molecule has 1 atom stereocenters. The van der Waals surface area contributed by atoms with E-state index in [4.69, 9.17) is 0 Å². The number of rotatable bonds is 4. The molecule has 1 saturated heterocycles. The third kappa shape index (κ3) is 4.00. The van der Waals surface area contributed by atoms with Crippen LogP contribution < -0.4 is 10.2 Å². The molecular formula is C19H25FN2O3. The van der Waals surface area contributed by atoms with E-state index in [-0.39, 0.29) is 24.1 Å². The van der Waals surface area contributed by atoms with Crippen molar-refractivity contribution in [3.8, 4) is 0 Å². The number of anilines is 1. The summed E-state index contributed by atoms with van der Waals surface area (Å²) in [6.45, 7) is 2.32. The molecule has 1 aliphatic heterocycles. The van der Waals surface area contributed by atoms with Crippen LogP contribution in [0.3, 0.4) is 0 Å². The van der Waals surface area contributed by atoms with Crippen LogP contribution in [0.5, 0.6) is 0 Å². The molecular weight excluding hydrogens is 323 g/mol. The van der Waals surface area contributed by atoms with Gasteiger partial charge in [-0.1, -0.05) is 12.8 Å². The summed E-state index contributed by atoms with van der Waals surface area (Å²) in [5.41, 5.74) is 0.454. The van der Waals surface area contributed by atoms with E-state index in [1.165, 1.54) is 12.1 Å². The molecule has 1 heterocycles. The van der Waals surface area contributed by atoms with Crippen molar-refractivity contribution in [3.05, 3.63) is 29.6 Å². The molecule has 5 nitrogen and oxygen atoms in total. The largest absolute Gasteiger partial charge is 0.389 e. The van der Waals surface area contributed by atoms with Crippen molar-refractivity contribution >= 4 is 17.5 Å².